The maximum absolute atomic E-state index is 12.7. The lowest BCUT2D eigenvalue weighted by molar-refractivity contribution is 0.0528. The third-order valence-corrected chi connectivity index (χ3v) is 4.77. The van der Waals surface area contributed by atoms with Gasteiger partial charge in [0.2, 0.25) is 0 Å². The van der Waals surface area contributed by atoms with Crippen LogP contribution in [0.15, 0.2) is 24.4 Å². The summed E-state index contributed by atoms with van der Waals surface area (Å²) in [5.74, 6) is -0.364. The Morgan fingerprint density at radius 3 is 2.34 bits per heavy atom. The Kier molecular flexibility index (Phi) is 5.24. The maximum Gasteiger partial charge on any atom is 0.339 e. The van der Waals surface area contributed by atoms with Crippen LogP contribution in [0.2, 0.25) is 0 Å². The second kappa shape index (κ2) is 7.25. The van der Waals surface area contributed by atoms with Crippen molar-refractivity contribution in [2.24, 2.45) is 0 Å². The first-order valence-electron chi connectivity index (χ1n) is 9.98. The lowest BCUT2D eigenvalue weighted by Crippen LogP contribution is -2.23. The minimum Gasteiger partial charge on any atom is -0.462 e. The number of ether oxygens (including phenoxy) is 1. The highest BCUT2D eigenvalue weighted by molar-refractivity contribution is 6.05. The quantitative estimate of drug-likeness (QED) is 0.583. The Bertz CT molecular complexity index is 1050. The fourth-order valence-electron chi connectivity index (χ4n) is 3.26. The van der Waals surface area contributed by atoms with Crippen molar-refractivity contribution in [2.45, 2.75) is 66.3 Å². The van der Waals surface area contributed by atoms with E-state index in [1.54, 1.807) is 13.0 Å². The van der Waals surface area contributed by atoms with E-state index >= 15 is 0 Å². The maximum atomic E-state index is 12.7. The highest BCUT2D eigenvalue weighted by Crippen LogP contribution is 2.31. The van der Waals surface area contributed by atoms with Crippen LogP contribution < -0.4 is 0 Å². The van der Waals surface area contributed by atoms with E-state index in [4.69, 9.17) is 9.72 Å². The molecule has 154 valence electrons. The second-order valence-electron chi connectivity index (χ2n) is 9.32. The van der Waals surface area contributed by atoms with E-state index < -0.39 is 0 Å². The molecule has 0 unspecified atom stereocenters. The molecule has 6 nitrogen and oxygen atoms in total. The number of nitrogens with zero attached hydrogens (tertiary/aromatic N) is 4. The molecule has 0 aliphatic heterocycles. The summed E-state index contributed by atoms with van der Waals surface area (Å²) in [6.45, 7) is 16.6. The van der Waals surface area contributed by atoms with Crippen LogP contribution >= 0.6 is 0 Å². The van der Waals surface area contributed by atoms with E-state index in [1.165, 1.54) is 0 Å². The standard InChI is InChI=1S/C23H30N4O2/c1-9-29-21(28)16-12-17(15-10-11-18(24-13-15)22(3,4)5)25-20-19(16)14(2)26-27(20)23(6,7)8/h10-13H,9H2,1-8H3. The van der Waals surface area contributed by atoms with Gasteiger partial charge in [0.1, 0.15) is 0 Å². The van der Waals surface area contributed by atoms with Crippen molar-refractivity contribution in [1.29, 1.82) is 0 Å². The number of carbonyl (C=O) groups is 1. The number of hydrogen-bond donors (Lipinski definition) is 0. The molecule has 0 spiro atoms. The molecule has 3 aromatic rings. The molecule has 0 radical (unpaired) electrons. The molecule has 0 amide bonds. The number of aryl methyl sites for hydroxylation is 1. The van der Waals surface area contributed by atoms with Gasteiger partial charge in [0, 0.05) is 22.9 Å². The molecule has 0 saturated carbocycles. The Morgan fingerprint density at radius 1 is 1.14 bits per heavy atom. The minimum absolute atomic E-state index is 0.0338. The Labute approximate surface area is 172 Å². The zero-order chi connectivity index (χ0) is 21.6. The van der Waals surface area contributed by atoms with Crippen LogP contribution in [-0.4, -0.2) is 32.3 Å². The Balaban J connectivity index is 2.26. The van der Waals surface area contributed by atoms with Crippen LogP contribution in [0.1, 0.15) is 70.2 Å². The molecular weight excluding hydrogens is 364 g/mol. The van der Waals surface area contributed by atoms with Crippen molar-refractivity contribution >= 4 is 17.0 Å². The topological polar surface area (TPSA) is 69.9 Å². The van der Waals surface area contributed by atoms with Gasteiger partial charge in [-0.15, -0.1) is 0 Å². The lowest BCUT2D eigenvalue weighted by atomic mass is 9.91. The van der Waals surface area contributed by atoms with Crippen molar-refractivity contribution in [3.8, 4) is 11.3 Å². The van der Waals surface area contributed by atoms with Crippen LogP contribution in [0.5, 0.6) is 0 Å². The summed E-state index contributed by atoms with van der Waals surface area (Å²) in [6, 6.07) is 5.80. The predicted octanol–water partition coefficient (Wildman–Crippen LogP) is 5.03. The van der Waals surface area contributed by atoms with Gasteiger partial charge in [-0.2, -0.15) is 5.10 Å². The lowest BCUT2D eigenvalue weighted by Gasteiger charge is -2.20. The average Bonchev–Trinajstić information content (AvgIpc) is 2.98. The smallest absolute Gasteiger partial charge is 0.339 e. The van der Waals surface area contributed by atoms with E-state index in [9.17, 15) is 4.79 Å². The first kappa shape index (κ1) is 21.0. The van der Waals surface area contributed by atoms with Gasteiger partial charge in [0.15, 0.2) is 5.65 Å². The molecule has 0 aliphatic carbocycles. The number of rotatable bonds is 3. The second-order valence-corrected chi connectivity index (χ2v) is 9.32. The van der Waals surface area contributed by atoms with E-state index in [0.717, 1.165) is 22.3 Å². The Morgan fingerprint density at radius 2 is 1.83 bits per heavy atom. The summed E-state index contributed by atoms with van der Waals surface area (Å²) in [5.41, 5.74) is 4.15. The van der Waals surface area contributed by atoms with Gasteiger partial charge in [-0.05, 0) is 52.8 Å². The average molecular weight is 395 g/mol. The summed E-state index contributed by atoms with van der Waals surface area (Å²) in [5, 5.41) is 5.41. The number of carbonyl (C=O) groups excluding carboxylic acids is 1. The number of esters is 1. The third-order valence-electron chi connectivity index (χ3n) is 4.77. The van der Waals surface area contributed by atoms with Crippen molar-refractivity contribution < 1.29 is 9.53 Å². The summed E-state index contributed by atoms with van der Waals surface area (Å²) in [6.07, 6.45) is 1.81. The van der Waals surface area contributed by atoms with E-state index in [-0.39, 0.29) is 16.9 Å². The van der Waals surface area contributed by atoms with Gasteiger partial charge in [0.25, 0.3) is 0 Å². The predicted molar refractivity (Wildman–Crippen MR) is 115 cm³/mol. The third kappa shape index (κ3) is 4.02. The van der Waals surface area contributed by atoms with Gasteiger partial charge in [0.05, 0.1) is 34.5 Å². The summed E-state index contributed by atoms with van der Waals surface area (Å²) >= 11 is 0. The van der Waals surface area contributed by atoms with Crippen LogP contribution in [-0.2, 0) is 15.7 Å². The number of pyridine rings is 2. The number of aromatic nitrogens is 4. The van der Waals surface area contributed by atoms with E-state index in [0.29, 0.717) is 23.5 Å². The van der Waals surface area contributed by atoms with E-state index in [2.05, 4.69) is 51.6 Å². The normalized spacial score (nSPS) is 12.4. The molecule has 0 bridgehead atoms. The summed E-state index contributed by atoms with van der Waals surface area (Å²) < 4.78 is 7.20. The Hall–Kier alpha value is -2.76. The van der Waals surface area contributed by atoms with Crippen LogP contribution in [0.25, 0.3) is 22.3 Å². The van der Waals surface area contributed by atoms with Crippen molar-refractivity contribution in [3.05, 3.63) is 41.3 Å². The molecule has 0 N–H and O–H groups in total. The van der Waals surface area contributed by atoms with Crippen LogP contribution in [0.3, 0.4) is 0 Å². The van der Waals surface area contributed by atoms with Gasteiger partial charge in [-0.1, -0.05) is 20.8 Å². The monoisotopic (exact) mass is 394 g/mol. The molecule has 6 heteroatoms. The zero-order valence-corrected chi connectivity index (χ0v) is 18.6. The number of hydrogen-bond acceptors (Lipinski definition) is 5. The highest BCUT2D eigenvalue weighted by Gasteiger charge is 2.25. The van der Waals surface area contributed by atoms with Gasteiger partial charge in [-0.3, -0.25) is 4.98 Å². The van der Waals surface area contributed by atoms with Crippen molar-refractivity contribution in [2.75, 3.05) is 6.61 Å². The summed E-state index contributed by atoms with van der Waals surface area (Å²) in [4.78, 5) is 22.2. The van der Waals surface area contributed by atoms with Gasteiger partial charge < -0.3 is 4.74 Å². The molecule has 3 aromatic heterocycles. The molecule has 29 heavy (non-hydrogen) atoms. The number of fused-ring (bicyclic) bond motifs is 1. The van der Waals surface area contributed by atoms with Crippen molar-refractivity contribution in [1.82, 2.24) is 19.7 Å². The molecular formula is C23H30N4O2. The molecule has 3 rings (SSSR count). The highest BCUT2D eigenvalue weighted by atomic mass is 16.5. The van der Waals surface area contributed by atoms with Gasteiger partial charge >= 0.3 is 5.97 Å². The first-order chi connectivity index (χ1) is 13.4. The van der Waals surface area contributed by atoms with Gasteiger partial charge in [-0.25, -0.2) is 14.5 Å². The largest absolute Gasteiger partial charge is 0.462 e. The zero-order valence-electron chi connectivity index (χ0n) is 18.6. The van der Waals surface area contributed by atoms with Crippen LogP contribution in [0.4, 0.5) is 0 Å². The van der Waals surface area contributed by atoms with Crippen molar-refractivity contribution in [3.63, 3.8) is 0 Å². The molecule has 0 aliphatic rings. The minimum atomic E-state index is -0.364. The fraction of sp³-hybridized carbons (Fsp3) is 0.478. The summed E-state index contributed by atoms with van der Waals surface area (Å²) in [7, 11) is 0. The molecule has 0 fully saturated rings. The molecule has 0 atom stereocenters. The van der Waals surface area contributed by atoms with E-state index in [1.807, 2.05) is 29.9 Å². The first-order valence-corrected chi connectivity index (χ1v) is 9.98. The van der Waals surface area contributed by atoms with Crippen LogP contribution in [0, 0.1) is 6.92 Å². The fourth-order valence-corrected chi connectivity index (χ4v) is 3.26. The SMILES string of the molecule is CCOC(=O)c1cc(-c2ccc(C(C)(C)C)nc2)nc2c1c(C)nn2C(C)(C)C. The molecule has 0 saturated heterocycles. The molecule has 0 aromatic carbocycles. The molecule has 3 heterocycles.